The number of unbranched alkanes of at least 4 members (excludes halogenated alkanes) is 72. The number of Topliss-reactive ketones (excluding diaryl/α,β-unsaturated/α-hetero) is 1. The van der Waals surface area contributed by atoms with Crippen LogP contribution in [0.25, 0.3) is 0 Å². The first kappa shape index (κ1) is 137. The number of rotatable bonds is 110. The highest BCUT2D eigenvalue weighted by molar-refractivity contribution is 7.46. The number of phosphoric acid groups is 1. The monoisotopic (exact) mass is 2050 g/mol. The van der Waals surface area contributed by atoms with Crippen molar-refractivity contribution in [2.75, 3.05) is 19.8 Å². The molecule has 1 aliphatic heterocycles. The molecule has 0 aromatic carbocycles. The summed E-state index contributed by atoms with van der Waals surface area (Å²) in [6.07, 6.45) is 70.4. The number of carbonyl (C=O) groups is 8. The molecule has 1 rings (SSSR count). The third kappa shape index (κ3) is 81.4. The van der Waals surface area contributed by atoms with Gasteiger partial charge in [0.15, 0.2) is 23.7 Å². The third-order valence-electron chi connectivity index (χ3n) is 29.3. The summed E-state index contributed by atoms with van der Waals surface area (Å²) in [6.45, 7) is 15.8. The van der Waals surface area contributed by atoms with Crippen molar-refractivity contribution < 1.29 is 95.5 Å². The van der Waals surface area contributed by atoms with Crippen LogP contribution < -0.4 is 10.6 Å². The number of phosphoric ester groups is 1. The Labute approximate surface area is 876 Å². The van der Waals surface area contributed by atoms with Crippen molar-refractivity contribution in [1.29, 1.82) is 0 Å². The van der Waals surface area contributed by atoms with E-state index < -0.39 is 136 Å². The molecule has 9 atom stereocenters. The summed E-state index contributed by atoms with van der Waals surface area (Å²) in [5.74, 6) is -5.48. The highest BCUT2D eigenvalue weighted by Gasteiger charge is 2.66. The minimum absolute atomic E-state index is 0.0445. The molecular weight excluding hydrogens is 1820 g/mol. The second kappa shape index (κ2) is 99.9. The lowest BCUT2D eigenvalue weighted by Gasteiger charge is -2.52. The van der Waals surface area contributed by atoms with E-state index >= 15 is 14.4 Å². The smallest absolute Gasteiger partial charge is 0.462 e. The zero-order valence-electron chi connectivity index (χ0n) is 94.0. The predicted octanol–water partition coefficient (Wildman–Crippen LogP) is 33.3. The molecule has 0 aromatic rings. The molecule has 1 saturated heterocycles. The van der Waals surface area contributed by atoms with Crippen molar-refractivity contribution in [1.82, 2.24) is 10.6 Å². The number of ketones is 1. The normalized spacial score (nSPS) is 16.3. The number of carbonyl (C=O) groups excluding carboxylic acids is 8. The maximum absolute atomic E-state index is 17.3. The predicted molar refractivity (Wildman–Crippen MR) is 587 cm³/mol. The summed E-state index contributed by atoms with van der Waals surface area (Å²) in [5.41, 5.74) is -2.95. The fourth-order valence-electron chi connectivity index (χ4n) is 20.3. The summed E-state index contributed by atoms with van der Waals surface area (Å²) >= 11 is 0. The van der Waals surface area contributed by atoms with Crippen molar-refractivity contribution >= 4 is 55.3 Å². The zero-order chi connectivity index (χ0) is 104. The second-order valence-electron chi connectivity index (χ2n) is 43.1. The molecule has 0 aliphatic carbocycles. The SMILES string of the molecule is CCCCCCCCCCCCCC(=O)O[C@H](CCCCCCCCCCC)CC(=O)NCCO[C@H]1O[C@H](CO)[C@@H](OP(=O)(O)O)[C@H](OC(=O)C[C@@H](CCCCCCCCCCC)OC(=O)CCCCCCCCCCCCC)[C@@]1(NC(=O)C[C@@H](CCCCCCCCCCC)OC(=O)CCCCCCCCCCCCC)C(=O)C[C@@H](CCCCCCCCCCC)OC(=O)CCCCCCCCCCCCC. The maximum Gasteiger partial charge on any atom is 0.470 e. The number of nitrogens with one attached hydrogen (secondary N) is 2. The molecule has 1 fully saturated rings. The minimum atomic E-state index is -5.83. The topological polar surface area (TPSA) is 312 Å². The number of aliphatic hydroxyl groups is 1. The van der Waals surface area contributed by atoms with Crippen molar-refractivity contribution in [2.24, 2.45) is 0 Å². The third-order valence-corrected chi connectivity index (χ3v) is 29.8. The lowest BCUT2D eigenvalue weighted by atomic mass is 9.77. The maximum atomic E-state index is 17.3. The Hall–Kier alpha value is -4.05. The van der Waals surface area contributed by atoms with Crippen molar-refractivity contribution in [2.45, 2.75) is 701 Å². The van der Waals surface area contributed by atoms with E-state index in [1.165, 1.54) is 193 Å². The number of aliphatic hydroxyl groups excluding tert-OH is 1. The van der Waals surface area contributed by atoms with E-state index in [0.29, 0.717) is 51.4 Å². The van der Waals surface area contributed by atoms with Crippen LogP contribution in [-0.4, -0.2) is 137 Å². The lowest BCUT2D eigenvalue weighted by molar-refractivity contribution is -0.291. The van der Waals surface area contributed by atoms with Crippen molar-refractivity contribution in [3.8, 4) is 0 Å². The van der Waals surface area contributed by atoms with Crippen LogP contribution in [0.15, 0.2) is 0 Å². The summed E-state index contributed by atoms with van der Waals surface area (Å²) in [6, 6.07) is 0. The van der Waals surface area contributed by atoms with Gasteiger partial charge < -0.3 is 58.7 Å². The molecule has 1 aliphatic rings. The summed E-state index contributed by atoms with van der Waals surface area (Å²) in [7, 11) is -5.83. The first-order chi connectivity index (χ1) is 69.7. The molecule has 842 valence electrons. The van der Waals surface area contributed by atoms with Crippen LogP contribution >= 0.6 is 7.82 Å². The van der Waals surface area contributed by atoms with Gasteiger partial charge in [0.1, 0.15) is 36.6 Å². The molecule has 0 aromatic heterocycles. The van der Waals surface area contributed by atoms with Crippen LogP contribution in [0, 0.1) is 0 Å². The Morgan fingerprint density at radius 1 is 0.294 bits per heavy atom. The Balaban J connectivity index is 4.59. The van der Waals surface area contributed by atoms with Gasteiger partial charge in [-0.1, -0.05) is 518 Å². The van der Waals surface area contributed by atoms with Gasteiger partial charge in [0.05, 0.1) is 32.5 Å². The van der Waals surface area contributed by atoms with Crippen LogP contribution in [0.2, 0.25) is 0 Å². The quantitative estimate of drug-likeness (QED) is 0.0163. The van der Waals surface area contributed by atoms with E-state index in [4.69, 9.17) is 37.7 Å². The van der Waals surface area contributed by atoms with Gasteiger partial charge in [-0.05, 0) is 77.0 Å². The largest absolute Gasteiger partial charge is 0.470 e. The van der Waals surface area contributed by atoms with Gasteiger partial charge in [0, 0.05) is 38.6 Å². The molecular formula is C120H227N2O20P. The van der Waals surface area contributed by atoms with E-state index in [2.05, 4.69) is 66.0 Å². The van der Waals surface area contributed by atoms with Crippen LogP contribution in [0.5, 0.6) is 0 Å². The van der Waals surface area contributed by atoms with Crippen LogP contribution in [0.1, 0.15) is 646 Å². The fourth-order valence-corrected chi connectivity index (χ4v) is 20.9. The summed E-state index contributed by atoms with van der Waals surface area (Å²) < 4.78 is 65.4. The average Bonchev–Trinajstić information content (AvgIpc) is 0.727. The molecule has 0 unspecified atom stereocenters. The van der Waals surface area contributed by atoms with Gasteiger partial charge >= 0.3 is 37.7 Å². The Bertz CT molecular complexity index is 2990. The van der Waals surface area contributed by atoms with Crippen molar-refractivity contribution in [3.05, 3.63) is 0 Å². The van der Waals surface area contributed by atoms with E-state index in [1.54, 1.807) is 0 Å². The summed E-state index contributed by atoms with van der Waals surface area (Å²) in [5, 5.41) is 17.6. The van der Waals surface area contributed by atoms with Gasteiger partial charge in [-0.3, -0.25) is 42.9 Å². The van der Waals surface area contributed by atoms with Gasteiger partial charge in [-0.15, -0.1) is 0 Å². The lowest BCUT2D eigenvalue weighted by Crippen LogP contribution is -2.78. The number of hydrogen-bond acceptors (Lipinski definition) is 18. The van der Waals surface area contributed by atoms with Crippen molar-refractivity contribution in [3.63, 3.8) is 0 Å². The second-order valence-corrected chi connectivity index (χ2v) is 44.3. The molecule has 0 saturated carbocycles. The molecule has 143 heavy (non-hydrogen) atoms. The highest BCUT2D eigenvalue weighted by atomic mass is 31.2. The zero-order valence-corrected chi connectivity index (χ0v) is 94.9. The first-order valence-electron chi connectivity index (χ1n) is 61.4. The Kier molecular flexibility index (Phi) is 95.7. The van der Waals surface area contributed by atoms with E-state index in [1.807, 2.05) is 0 Å². The number of hydrogen-bond donors (Lipinski definition) is 5. The van der Waals surface area contributed by atoms with Gasteiger partial charge in [0.2, 0.25) is 11.8 Å². The van der Waals surface area contributed by atoms with Gasteiger partial charge in [-0.2, -0.15) is 0 Å². The fraction of sp³-hybridized carbons (Fsp3) is 0.933. The Morgan fingerprint density at radius 2 is 0.517 bits per heavy atom. The van der Waals surface area contributed by atoms with Crippen LogP contribution in [-0.2, 0) is 80.6 Å². The number of ether oxygens (including phenoxy) is 7. The Morgan fingerprint density at radius 3 is 0.762 bits per heavy atom. The molecule has 1 heterocycles. The standard InChI is InChI=1S/C120H227N2O20P/c1-9-17-25-33-41-49-53-61-69-77-85-93-112(127)136-104(89-81-73-65-57-45-37-29-21-13-5)99-109(124)120(122-111(126)101-106(91-83-75-67-59-47-39-31-23-15-7)138-114(129)95-87-79-71-63-55-51-43-35-27-19-11-3)118(141-116(131)102-107(92-84-76-68-60-48-40-32-24-16-8)139-115(130)96-88-80-72-64-56-52-44-36-28-20-12-4)117(142-143(132,133)134)108(103-123)140-119(120)135-98-97-121-110(125)100-105(90-82-74-66-58-46-38-30-22-14-6)137-113(128)94-86-78-70-62-54-50-42-34-26-18-10-2/h104-108,117-119,123H,9-103H2,1-8H3,(H,121,125)(H,122,126)(H2,132,133,134)/t104-,105-,106-,107-,108-,117-,118+,119+,120+/m1/s1. The van der Waals surface area contributed by atoms with Crippen LogP contribution in [0.4, 0.5) is 0 Å². The van der Waals surface area contributed by atoms with E-state index in [-0.39, 0.29) is 63.9 Å². The molecule has 0 radical (unpaired) electrons. The summed E-state index contributed by atoms with van der Waals surface area (Å²) in [4.78, 5) is 144. The minimum Gasteiger partial charge on any atom is -0.462 e. The first-order valence-corrected chi connectivity index (χ1v) is 62.9. The van der Waals surface area contributed by atoms with Gasteiger partial charge in [-0.25, -0.2) is 4.57 Å². The van der Waals surface area contributed by atoms with Crippen LogP contribution in [0.3, 0.4) is 0 Å². The average molecular weight is 2050 g/mol. The molecule has 22 nitrogen and oxygen atoms in total. The highest BCUT2D eigenvalue weighted by Crippen LogP contribution is 2.46. The molecule has 0 spiro atoms. The molecule has 0 bridgehead atoms. The molecule has 5 N–H and O–H groups in total. The van der Waals surface area contributed by atoms with E-state index in [0.717, 1.165) is 276 Å². The number of esters is 5. The number of amides is 2. The van der Waals surface area contributed by atoms with Gasteiger partial charge in [0.25, 0.3) is 0 Å². The molecule has 23 heteroatoms. The van der Waals surface area contributed by atoms with E-state index in [9.17, 15) is 43.4 Å². The molecule has 2 amide bonds.